The molecule has 0 fully saturated rings. The van der Waals surface area contributed by atoms with Gasteiger partial charge in [0.25, 0.3) is 0 Å². The maximum absolute atomic E-state index is 5.34. The van der Waals surface area contributed by atoms with Crippen molar-refractivity contribution in [3.05, 3.63) is 17.9 Å². The number of halogens is 1. The first-order chi connectivity index (χ1) is 9.31. The van der Waals surface area contributed by atoms with Gasteiger partial charge in [0, 0.05) is 13.1 Å². The van der Waals surface area contributed by atoms with Crippen molar-refractivity contribution in [2.75, 3.05) is 39.3 Å². The molecule has 0 saturated heterocycles. The number of nitrogens with zero attached hydrogens (tertiary/aromatic N) is 3. The zero-order valence-electron chi connectivity index (χ0n) is 11.2. The first-order valence-electron chi connectivity index (χ1n) is 6.40. The average Bonchev–Trinajstić information content (AvgIpc) is 2.43. The Bertz CT molecular complexity index is 263. The van der Waals surface area contributed by atoms with Crippen molar-refractivity contribution in [3.63, 3.8) is 0 Å². The zero-order chi connectivity index (χ0) is 14.2. The summed E-state index contributed by atoms with van der Waals surface area (Å²) in [6.45, 7) is 5.63. The number of aromatic nitrogens is 3. The van der Waals surface area contributed by atoms with E-state index in [0.29, 0.717) is 0 Å². The molecule has 0 radical (unpaired) electrons. The molecular weight excluding hydrogens is 266 g/mol. The molecule has 0 aromatic carbocycles. The number of hydrogen-bond donors (Lipinski definition) is 4. The third-order valence-corrected chi connectivity index (χ3v) is 2.25. The molecule has 110 valence electrons. The van der Waals surface area contributed by atoms with E-state index in [1.807, 2.05) is 0 Å². The van der Waals surface area contributed by atoms with Gasteiger partial charge in [0.05, 0.1) is 0 Å². The first kappa shape index (κ1) is 18.1. The summed E-state index contributed by atoms with van der Waals surface area (Å²) in [6.07, 6.45) is 4.80. The fourth-order valence-corrected chi connectivity index (χ4v) is 1.19. The molecule has 0 aliphatic carbocycles. The second-order valence-electron chi connectivity index (χ2n) is 3.69. The molecule has 8 heteroatoms. The Hall–Kier alpha value is -0.860. The summed E-state index contributed by atoms with van der Waals surface area (Å²) in [4.78, 5) is 10.6. The van der Waals surface area contributed by atoms with Gasteiger partial charge >= 0.3 is 0 Å². The summed E-state index contributed by atoms with van der Waals surface area (Å²) >= 11 is 5.28. The molecule has 0 atom stereocenters. The van der Waals surface area contributed by atoms with Crippen LogP contribution in [0.4, 0.5) is 0 Å². The molecule has 7 nitrogen and oxygen atoms in total. The van der Waals surface area contributed by atoms with E-state index in [9.17, 15) is 0 Å². The molecule has 0 aliphatic rings. The maximum Gasteiger partial charge on any atom is 0.225 e. The van der Waals surface area contributed by atoms with Crippen LogP contribution in [-0.4, -0.2) is 54.2 Å². The number of rotatable bonds is 9. The Morgan fingerprint density at radius 2 is 1.37 bits per heavy atom. The van der Waals surface area contributed by atoms with Gasteiger partial charge in [-0.2, -0.15) is 0 Å². The van der Waals surface area contributed by atoms with Gasteiger partial charge < -0.3 is 22.1 Å². The Morgan fingerprint density at radius 3 is 1.68 bits per heavy atom. The highest BCUT2D eigenvalue weighted by molar-refractivity contribution is 6.28. The molecular formula is C11H24ClN7. The summed E-state index contributed by atoms with van der Waals surface area (Å²) in [7, 11) is 0. The molecule has 1 rings (SSSR count). The van der Waals surface area contributed by atoms with Crippen LogP contribution in [0.25, 0.3) is 0 Å². The monoisotopic (exact) mass is 289 g/mol. The molecule has 1 aromatic heterocycles. The summed E-state index contributed by atoms with van der Waals surface area (Å²) in [6, 6.07) is 0. The number of nitrogens with one attached hydrogen (secondary N) is 2. The van der Waals surface area contributed by atoms with Gasteiger partial charge in [-0.25, -0.2) is 15.0 Å². The van der Waals surface area contributed by atoms with Crippen molar-refractivity contribution in [2.24, 2.45) is 11.5 Å². The van der Waals surface area contributed by atoms with Crippen LogP contribution in [0.3, 0.4) is 0 Å². The highest BCUT2D eigenvalue weighted by Gasteiger charge is 1.86. The van der Waals surface area contributed by atoms with E-state index in [1.165, 1.54) is 12.7 Å². The molecule has 1 heterocycles. The number of nitrogens with two attached hydrogens (primary N) is 2. The predicted octanol–water partition coefficient (Wildman–Crippen LogP) is -0.612. The molecule has 0 bridgehead atoms. The maximum atomic E-state index is 5.34. The Balaban J connectivity index is 0.000000388. The van der Waals surface area contributed by atoms with Crippen LogP contribution < -0.4 is 22.1 Å². The Kier molecular flexibility index (Phi) is 14.5. The van der Waals surface area contributed by atoms with Crippen LogP contribution in [0.1, 0.15) is 12.8 Å². The van der Waals surface area contributed by atoms with Crippen molar-refractivity contribution >= 4 is 11.6 Å². The lowest BCUT2D eigenvalue weighted by atomic mass is 10.4. The van der Waals surface area contributed by atoms with E-state index in [-0.39, 0.29) is 5.28 Å². The van der Waals surface area contributed by atoms with E-state index in [2.05, 4.69) is 25.6 Å². The van der Waals surface area contributed by atoms with E-state index in [0.717, 1.165) is 52.1 Å². The fraction of sp³-hybridized carbons (Fsp3) is 0.727. The average molecular weight is 290 g/mol. The summed E-state index contributed by atoms with van der Waals surface area (Å²) in [5, 5.41) is 6.81. The van der Waals surface area contributed by atoms with Gasteiger partial charge in [0.2, 0.25) is 5.28 Å². The van der Waals surface area contributed by atoms with Crippen molar-refractivity contribution in [1.82, 2.24) is 25.6 Å². The molecule has 6 N–H and O–H groups in total. The second kappa shape index (κ2) is 15.2. The van der Waals surface area contributed by atoms with Gasteiger partial charge in [-0.3, -0.25) is 0 Å². The highest BCUT2D eigenvalue weighted by atomic mass is 35.5. The summed E-state index contributed by atoms with van der Waals surface area (Å²) in [5.74, 6) is 0. The minimum atomic E-state index is 0.231. The summed E-state index contributed by atoms with van der Waals surface area (Å²) < 4.78 is 0. The van der Waals surface area contributed by atoms with Crippen molar-refractivity contribution in [3.8, 4) is 0 Å². The minimum absolute atomic E-state index is 0.231. The van der Waals surface area contributed by atoms with Gasteiger partial charge in [-0.05, 0) is 50.6 Å². The smallest absolute Gasteiger partial charge is 0.225 e. The van der Waals surface area contributed by atoms with Gasteiger partial charge in [-0.1, -0.05) is 0 Å². The van der Waals surface area contributed by atoms with Crippen LogP contribution in [0, 0.1) is 0 Å². The minimum Gasteiger partial charge on any atom is -0.330 e. The van der Waals surface area contributed by atoms with Crippen LogP contribution >= 0.6 is 11.6 Å². The van der Waals surface area contributed by atoms with E-state index >= 15 is 0 Å². The number of hydrogen-bond acceptors (Lipinski definition) is 7. The molecule has 19 heavy (non-hydrogen) atoms. The SMILES string of the molecule is Clc1ncncn1.NCCCNCCNCCCN. The molecule has 0 aliphatic heterocycles. The van der Waals surface area contributed by atoms with E-state index in [1.54, 1.807) is 0 Å². The second-order valence-corrected chi connectivity index (χ2v) is 4.03. The molecule has 0 saturated carbocycles. The highest BCUT2D eigenvalue weighted by Crippen LogP contribution is 1.90. The standard InChI is InChI=1S/C8H22N4.C3H2ClN3/c9-3-1-5-11-7-8-12-6-2-4-10;4-3-6-1-5-2-7-3/h11-12H,1-10H2;1-2H. The van der Waals surface area contributed by atoms with Crippen LogP contribution in [0.15, 0.2) is 12.7 Å². The van der Waals surface area contributed by atoms with Crippen molar-refractivity contribution in [1.29, 1.82) is 0 Å². The van der Waals surface area contributed by atoms with Gasteiger partial charge in [-0.15, -0.1) is 0 Å². The molecule has 1 aromatic rings. The lowest BCUT2D eigenvalue weighted by molar-refractivity contribution is 0.590. The third kappa shape index (κ3) is 15.1. The Morgan fingerprint density at radius 1 is 0.895 bits per heavy atom. The van der Waals surface area contributed by atoms with Crippen molar-refractivity contribution in [2.45, 2.75) is 12.8 Å². The van der Waals surface area contributed by atoms with Crippen LogP contribution in [-0.2, 0) is 0 Å². The van der Waals surface area contributed by atoms with E-state index < -0.39 is 0 Å². The lowest BCUT2D eigenvalue weighted by Gasteiger charge is -2.04. The zero-order valence-corrected chi connectivity index (χ0v) is 11.9. The largest absolute Gasteiger partial charge is 0.330 e. The van der Waals surface area contributed by atoms with Gasteiger partial charge in [0.15, 0.2) is 0 Å². The summed E-state index contributed by atoms with van der Waals surface area (Å²) in [5.41, 5.74) is 10.7. The third-order valence-electron chi connectivity index (χ3n) is 2.06. The Labute approximate surface area is 119 Å². The topological polar surface area (TPSA) is 115 Å². The van der Waals surface area contributed by atoms with Crippen LogP contribution in [0.5, 0.6) is 0 Å². The van der Waals surface area contributed by atoms with Crippen molar-refractivity contribution < 1.29 is 0 Å². The van der Waals surface area contributed by atoms with Gasteiger partial charge in [0.1, 0.15) is 12.7 Å². The quantitative estimate of drug-likeness (QED) is 0.448. The van der Waals surface area contributed by atoms with E-state index in [4.69, 9.17) is 23.1 Å². The molecule has 0 unspecified atom stereocenters. The lowest BCUT2D eigenvalue weighted by Crippen LogP contribution is -2.29. The first-order valence-corrected chi connectivity index (χ1v) is 6.78. The normalized spacial score (nSPS) is 9.84. The molecule has 0 amide bonds. The van der Waals surface area contributed by atoms with Crippen LogP contribution in [0.2, 0.25) is 5.28 Å². The fourth-order valence-electron chi connectivity index (χ4n) is 1.11. The molecule has 0 spiro atoms. The predicted molar refractivity (Wildman–Crippen MR) is 77.9 cm³/mol.